The maximum Gasteiger partial charge on any atom is 0.164 e. The van der Waals surface area contributed by atoms with E-state index < -0.39 is 0 Å². The minimum absolute atomic E-state index is 0.0846. The minimum atomic E-state index is -0.0846. The number of rotatable bonds is 7. The maximum absolute atomic E-state index is 5.01. The van der Waals surface area contributed by atoms with E-state index >= 15 is 0 Å². The molecule has 0 N–H and O–H groups in total. The van der Waals surface area contributed by atoms with Crippen molar-refractivity contribution in [2.45, 2.75) is 19.3 Å². The summed E-state index contributed by atoms with van der Waals surface area (Å²) in [6.07, 6.45) is 0. The van der Waals surface area contributed by atoms with Gasteiger partial charge in [0.05, 0.1) is 11.0 Å². The molecule has 4 heteroatoms. The van der Waals surface area contributed by atoms with Crippen LogP contribution in [0.4, 0.5) is 0 Å². The van der Waals surface area contributed by atoms with Gasteiger partial charge in [-0.15, -0.1) is 0 Å². The van der Waals surface area contributed by atoms with Crippen molar-refractivity contribution in [1.82, 2.24) is 19.5 Å². The zero-order chi connectivity index (χ0) is 42.8. The Morgan fingerprint density at radius 1 is 0.328 bits per heavy atom. The summed E-state index contributed by atoms with van der Waals surface area (Å²) in [6, 6.07) is 78.1. The van der Waals surface area contributed by atoms with Crippen LogP contribution in [0, 0.1) is 0 Å². The van der Waals surface area contributed by atoms with E-state index in [0.29, 0.717) is 17.5 Å². The second-order valence-corrected chi connectivity index (χ2v) is 17.2. The molecule has 0 radical (unpaired) electrons. The van der Waals surface area contributed by atoms with Crippen LogP contribution in [0.25, 0.3) is 106 Å². The Morgan fingerprint density at radius 3 is 1.50 bits per heavy atom. The maximum atomic E-state index is 5.01. The fourth-order valence-corrected chi connectivity index (χ4v) is 9.84. The fraction of sp³-hybridized carbons (Fsp3) is 0.0500. The van der Waals surface area contributed by atoms with Crippen LogP contribution in [-0.2, 0) is 5.41 Å². The second-order valence-electron chi connectivity index (χ2n) is 17.2. The summed E-state index contributed by atoms with van der Waals surface area (Å²) in [6.45, 7) is 4.70. The highest BCUT2D eigenvalue weighted by molar-refractivity contribution is 6.16. The van der Waals surface area contributed by atoms with Gasteiger partial charge in [0.25, 0.3) is 0 Å². The van der Waals surface area contributed by atoms with Crippen molar-refractivity contribution in [2.75, 3.05) is 0 Å². The molecule has 0 aliphatic heterocycles. The highest BCUT2D eigenvalue weighted by atomic mass is 15.0. The third-order valence-electron chi connectivity index (χ3n) is 13.1. The Kier molecular flexibility index (Phi) is 8.80. The van der Waals surface area contributed by atoms with Crippen molar-refractivity contribution in [3.05, 3.63) is 230 Å². The zero-order valence-electron chi connectivity index (χ0n) is 35.6. The topological polar surface area (TPSA) is 43.6 Å². The molecule has 0 fully saturated rings. The Labute approximate surface area is 372 Å². The lowest BCUT2D eigenvalue weighted by molar-refractivity contribution is 0.660. The van der Waals surface area contributed by atoms with Crippen molar-refractivity contribution >= 4 is 21.8 Å². The van der Waals surface area contributed by atoms with Gasteiger partial charge in [0.15, 0.2) is 17.5 Å². The third kappa shape index (κ3) is 6.26. The van der Waals surface area contributed by atoms with Gasteiger partial charge in [-0.3, -0.25) is 0 Å². The molecule has 302 valence electrons. The first-order chi connectivity index (χ1) is 31.5. The molecule has 0 saturated carbocycles. The van der Waals surface area contributed by atoms with E-state index in [1.54, 1.807) is 0 Å². The molecule has 4 nitrogen and oxygen atoms in total. The standard InChI is InChI=1S/C60H42N4/c1-60(2)52-26-13-12-24-49(52)50-34-32-46(38-53(50)60)45-33-35-54-51(37-45)56-48(25-15-27-55(56)64(54)47-23-14-22-44(36-47)39-16-6-3-7-17-39)40-28-30-43(31-29-40)59-62-57(41-18-8-4-9-19-41)61-58(63-59)42-20-10-5-11-21-42/h3-38H,1-2H3. The lowest BCUT2D eigenvalue weighted by Gasteiger charge is -2.22. The van der Waals surface area contributed by atoms with Crippen molar-refractivity contribution < 1.29 is 0 Å². The summed E-state index contributed by atoms with van der Waals surface area (Å²) >= 11 is 0. The molecule has 12 rings (SSSR count). The molecule has 0 unspecified atom stereocenters. The van der Waals surface area contributed by atoms with E-state index in [1.165, 1.54) is 60.8 Å². The summed E-state index contributed by atoms with van der Waals surface area (Å²) in [5.74, 6) is 1.93. The van der Waals surface area contributed by atoms with Gasteiger partial charge < -0.3 is 4.57 Å². The largest absolute Gasteiger partial charge is 0.309 e. The molecule has 0 amide bonds. The van der Waals surface area contributed by atoms with Gasteiger partial charge in [-0.2, -0.15) is 0 Å². The predicted octanol–water partition coefficient (Wildman–Crippen LogP) is 15.3. The molecule has 2 aromatic heterocycles. The molecule has 1 aliphatic rings. The number of hydrogen-bond donors (Lipinski definition) is 0. The number of fused-ring (bicyclic) bond motifs is 6. The molecule has 0 spiro atoms. The van der Waals surface area contributed by atoms with Crippen molar-refractivity contribution in [3.8, 4) is 84.4 Å². The Hall–Kier alpha value is -8.21. The quantitative estimate of drug-likeness (QED) is 0.161. The van der Waals surface area contributed by atoms with Gasteiger partial charge in [-0.25, -0.2) is 15.0 Å². The predicted molar refractivity (Wildman–Crippen MR) is 264 cm³/mol. The average Bonchev–Trinajstić information content (AvgIpc) is 3.82. The normalized spacial score (nSPS) is 12.7. The van der Waals surface area contributed by atoms with Crippen LogP contribution < -0.4 is 0 Å². The van der Waals surface area contributed by atoms with Crippen molar-refractivity contribution in [1.29, 1.82) is 0 Å². The third-order valence-corrected chi connectivity index (χ3v) is 13.1. The molecule has 0 atom stereocenters. The van der Waals surface area contributed by atoms with Gasteiger partial charge in [0, 0.05) is 38.6 Å². The minimum Gasteiger partial charge on any atom is -0.309 e. The van der Waals surface area contributed by atoms with Crippen molar-refractivity contribution in [3.63, 3.8) is 0 Å². The number of hydrogen-bond acceptors (Lipinski definition) is 3. The molecular weight excluding hydrogens is 777 g/mol. The summed E-state index contributed by atoms with van der Waals surface area (Å²) in [4.78, 5) is 14.9. The van der Waals surface area contributed by atoms with E-state index in [1.807, 2.05) is 60.7 Å². The van der Waals surface area contributed by atoms with E-state index in [-0.39, 0.29) is 5.41 Å². The van der Waals surface area contributed by atoms with Gasteiger partial charge in [0.2, 0.25) is 0 Å². The molecule has 9 aromatic carbocycles. The van der Waals surface area contributed by atoms with Crippen molar-refractivity contribution in [2.24, 2.45) is 0 Å². The van der Waals surface area contributed by atoms with E-state index in [4.69, 9.17) is 15.0 Å². The van der Waals surface area contributed by atoms with Crippen LogP contribution in [-0.4, -0.2) is 19.5 Å². The lowest BCUT2D eigenvalue weighted by atomic mass is 9.81. The number of aromatic nitrogens is 4. The summed E-state index contributed by atoms with van der Waals surface area (Å²) < 4.78 is 2.43. The molecule has 2 heterocycles. The molecule has 0 bridgehead atoms. The van der Waals surface area contributed by atoms with E-state index in [0.717, 1.165) is 39.0 Å². The first kappa shape index (κ1) is 37.5. The Balaban J connectivity index is 1.02. The molecule has 1 aliphatic carbocycles. The molecule has 0 saturated heterocycles. The zero-order valence-corrected chi connectivity index (χ0v) is 35.6. The van der Waals surface area contributed by atoms with Crippen LogP contribution in [0.2, 0.25) is 0 Å². The van der Waals surface area contributed by atoms with Crippen LogP contribution in [0.5, 0.6) is 0 Å². The smallest absolute Gasteiger partial charge is 0.164 e. The highest BCUT2D eigenvalue weighted by Gasteiger charge is 2.35. The van der Waals surface area contributed by atoms with Crippen LogP contribution in [0.15, 0.2) is 218 Å². The Morgan fingerprint density at radius 2 is 0.812 bits per heavy atom. The monoisotopic (exact) mass is 818 g/mol. The second kappa shape index (κ2) is 15.0. The van der Waals surface area contributed by atoms with Crippen LogP contribution in [0.1, 0.15) is 25.0 Å². The van der Waals surface area contributed by atoms with Gasteiger partial charge in [-0.1, -0.05) is 196 Å². The first-order valence-corrected chi connectivity index (χ1v) is 21.9. The van der Waals surface area contributed by atoms with E-state index in [2.05, 4.69) is 176 Å². The van der Waals surface area contributed by atoms with Crippen LogP contribution >= 0.6 is 0 Å². The van der Waals surface area contributed by atoms with Crippen LogP contribution in [0.3, 0.4) is 0 Å². The van der Waals surface area contributed by atoms with Gasteiger partial charge in [-0.05, 0) is 92.0 Å². The SMILES string of the molecule is CC1(C)c2ccccc2-c2ccc(-c3ccc4c(c3)c3c(-c5ccc(-c6nc(-c7ccccc7)nc(-c7ccccc7)n6)cc5)cccc3n4-c3cccc(-c4ccccc4)c3)cc21. The summed E-state index contributed by atoms with van der Waals surface area (Å²) in [5.41, 5.74) is 18.7. The number of nitrogens with zero attached hydrogens (tertiary/aromatic N) is 4. The summed E-state index contributed by atoms with van der Waals surface area (Å²) in [7, 11) is 0. The fourth-order valence-electron chi connectivity index (χ4n) is 9.84. The highest BCUT2D eigenvalue weighted by Crippen LogP contribution is 2.50. The van der Waals surface area contributed by atoms with Gasteiger partial charge in [0.1, 0.15) is 0 Å². The Bertz CT molecular complexity index is 3490. The average molecular weight is 819 g/mol. The van der Waals surface area contributed by atoms with E-state index in [9.17, 15) is 0 Å². The molecular formula is C60H42N4. The number of benzene rings is 9. The first-order valence-electron chi connectivity index (χ1n) is 21.9. The molecule has 11 aromatic rings. The lowest BCUT2D eigenvalue weighted by Crippen LogP contribution is -2.14. The van der Waals surface area contributed by atoms with Gasteiger partial charge >= 0.3 is 0 Å². The molecule has 64 heavy (non-hydrogen) atoms. The summed E-state index contributed by atoms with van der Waals surface area (Å²) in [5, 5.41) is 2.42.